The molecule has 0 spiro atoms. The summed E-state index contributed by atoms with van der Waals surface area (Å²) in [5, 5.41) is 0.854. The van der Waals surface area contributed by atoms with E-state index in [2.05, 4.69) is 22.0 Å². The Labute approximate surface area is 99.7 Å². The van der Waals surface area contributed by atoms with Gasteiger partial charge in [-0.1, -0.05) is 28.1 Å². The molecule has 0 aliphatic heterocycles. The molecule has 0 bridgehead atoms. The lowest BCUT2D eigenvalue weighted by Gasteiger charge is -2.09. The molecule has 0 saturated carbocycles. The molecule has 0 N–H and O–H groups in total. The lowest BCUT2D eigenvalue weighted by molar-refractivity contribution is 0.0552. The molecule has 0 aliphatic carbocycles. The molecule has 1 aromatic carbocycles. The van der Waals surface area contributed by atoms with Gasteiger partial charge in [0.05, 0.1) is 12.7 Å². The summed E-state index contributed by atoms with van der Waals surface area (Å²) < 4.78 is 10.9. The monoisotopic (exact) mass is 272 g/mol. The van der Waals surface area contributed by atoms with Crippen molar-refractivity contribution in [3.05, 3.63) is 29.8 Å². The fourth-order valence-electron chi connectivity index (χ4n) is 1.16. The highest BCUT2D eigenvalue weighted by Gasteiger charge is 1.97. The molecule has 84 valence electrons. The highest BCUT2D eigenvalue weighted by atomic mass is 79.9. The Morgan fingerprint density at radius 2 is 2.07 bits per heavy atom. The maximum absolute atomic E-state index is 5.55. The van der Waals surface area contributed by atoms with Crippen LogP contribution in [-0.4, -0.2) is 19.3 Å². The molecule has 0 unspecified atom stereocenters. The van der Waals surface area contributed by atoms with Gasteiger partial charge >= 0.3 is 0 Å². The summed E-state index contributed by atoms with van der Waals surface area (Å²) in [5.74, 6) is 0.902. The first kappa shape index (κ1) is 12.5. The Morgan fingerprint density at radius 3 is 2.73 bits per heavy atom. The van der Waals surface area contributed by atoms with Gasteiger partial charge in [-0.25, -0.2) is 0 Å². The maximum Gasteiger partial charge on any atom is 0.119 e. The molecule has 0 radical (unpaired) electrons. The molecule has 0 heterocycles. The molecule has 0 amide bonds. The van der Waals surface area contributed by atoms with Crippen molar-refractivity contribution < 1.29 is 9.47 Å². The topological polar surface area (TPSA) is 18.5 Å². The van der Waals surface area contributed by atoms with E-state index in [4.69, 9.17) is 9.47 Å². The van der Waals surface area contributed by atoms with E-state index in [0.717, 1.165) is 11.1 Å². The van der Waals surface area contributed by atoms with E-state index < -0.39 is 0 Å². The zero-order valence-electron chi connectivity index (χ0n) is 9.20. The van der Waals surface area contributed by atoms with Crippen molar-refractivity contribution in [2.75, 3.05) is 13.2 Å². The molecule has 0 aromatic heterocycles. The summed E-state index contributed by atoms with van der Waals surface area (Å²) >= 11 is 3.41. The highest BCUT2D eigenvalue weighted by molar-refractivity contribution is 9.08. The SMILES string of the molecule is CC(C)OCCOc1cccc(CBr)c1. The number of benzene rings is 1. The summed E-state index contributed by atoms with van der Waals surface area (Å²) in [6, 6.07) is 8.05. The number of hydrogen-bond acceptors (Lipinski definition) is 2. The number of alkyl halides is 1. The number of ether oxygens (including phenoxy) is 2. The predicted octanol–water partition coefficient (Wildman–Crippen LogP) is 3.39. The summed E-state index contributed by atoms with van der Waals surface area (Å²) in [7, 11) is 0. The third-order valence-corrected chi connectivity index (χ3v) is 2.50. The minimum absolute atomic E-state index is 0.266. The average Bonchev–Trinajstić information content (AvgIpc) is 2.24. The average molecular weight is 273 g/mol. The molecule has 3 heteroatoms. The van der Waals surface area contributed by atoms with Crippen LogP contribution in [0.2, 0.25) is 0 Å². The van der Waals surface area contributed by atoms with Gasteiger partial charge < -0.3 is 9.47 Å². The molecule has 15 heavy (non-hydrogen) atoms. The molecular formula is C12H17BrO2. The normalized spacial score (nSPS) is 10.7. The third-order valence-electron chi connectivity index (χ3n) is 1.86. The van der Waals surface area contributed by atoms with Crippen molar-refractivity contribution >= 4 is 15.9 Å². The first-order valence-electron chi connectivity index (χ1n) is 5.11. The Bertz CT molecular complexity index is 287. The third kappa shape index (κ3) is 5.19. The van der Waals surface area contributed by atoms with Crippen molar-refractivity contribution in [3.63, 3.8) is 0 Å². The van der Waals surface area contributed by atoms with Crippen LogP contribution in [0.1, 0.15) is 19.4 Å². The van der Waals surface area contributed by atoms with Crippen LogP contribution in [0.25, 0.3) is 0 Å². The second-order valence-electron chi connectivity index (χ2n) is 3.55. The van der Waals surface area contributed by atoms with Gasteiger partial charge in [0.2, 0.25) is 0 Å². The number of halogens is 1. The highest BCUT2D eigenvalue weighted by Crippen LogP contribution is 2.15. The van der Waals surface area contributed by atoms with Gasteiger partial charge in [-0.2, -0.15) is 0 Å². The van der Waals surface area contributed by atoms with E-state index in [-0.39, 0.29) is 6.10 Å². The minimum atomic E-state index is 0.266. The van der Waals surface area contributed by atoms with E-state index in [1.165, 1.54) is 5.56 Å². The van der Waals surface area contributed by atoms with Crippen molar-refractivity contribution in [3.8, 4) is 5.75 Å². The smallest absolute Gasteiger partial charge is 0.119 e. The van der Waals surface area contributed by atoms with E-state index in [1.807, 2.05) is 32.0 Å². The van der Waals surface area contributed by atoms with Gasteiger partial charge in [-0.3, -0.25) is 0 Å². The molecule has 0 fully saturated rings. The fourth-order valence-corrected chi connectivity index (χ4v) is 1.51. The van der Waals surface area contributed by atoms with E-state index >= 15 is 0 Å². The Hall–Kier alpha value is -0.540. The largest absolute Gasteiger partial charge is 0.491 e. The van der Waals surface area contributed by atoms with Gasteiger partial charge in [-0.05, 0) is 31.5 Å². The van der Waals surface area contributed by atoms with Gasteiger partial charge in [-0.15, -0.1) is 0 Å². The van der Waals surface area contributed by atoms with Crippen LogP contribution in [0.4, 0.5) is 0 Å². The second-order valence-corrected chi connectivity index (χ2v) is 4.11. The molecule has 2 nitrogen and oxygen atoms in total. The first-order valence-corrected chi connectivity index (χ1v) is 6.24. The zero-order chi connectivity index (χ0) is 11.1. The van der Waals surface area contributed by atoms with Crippen LogP contribution in [0.5, 0.6) is 5.75 Å². The summed E-state index contributed by atoms with van der Waals surface area (Å²) in [5.41, 5.74) is 1.22. The summed E-state index contributed by atoms with van der Waals surface area (Å²) in [6.07, 6.45) is 0.266. The second kappa shape index (κ2) is 6.85. The molecule has 0 saturated heterocycles. The molecule has 0 aliphatic rings. The van der Waals surface area contributed by atoms with E-state index in [0.29, 0.717) is 13.2 Å². The Morgan fingerprint density at radius 1 is 1.27 bits per heavy atom. The van der Waals surface area contributed by atoms with Crippen molar-refractivity contribution in [1.82, 2.24) is 0 Å². The minimum Gasteiger partial charge on any atom is -0.491 e. The van der Waals surface area contributed by atoms with Crippen LogP contribution < -0.4 is 4.74 Å². The van der Waals surface area contributed by atoms with Gasteiger partial charge in [0, 0.05) is 5.33 Å². The van der Waals surface area contributed by atoms with Crippen molar-refractivity contribution in [1.29, 1.82) is 0 Å². The van der Waals surface area contributed by atoms with Gasteiger partial charge in [0.15, 0.2) is 0 Å². The standard InChI is InChI=1S/C12H17BrO2/c1-10(2)14-6-7-15-12-5-3-4-11(8-12)9-13/h3-5,8,10H,6-7,9H2,1-2H3. The molecule has 1 aromatic rings. The quantitative estimate of drug-likeness (QED) is 0.584. The van der Waals surface area contributed by atoms with E-state index in [9.17, 15) is 0 Å². The van der Waals surface area contributed by atoms with Crippen LogP contribution >= 0.6 is 15.9 Å². The molecule has 0 atom stereocenters. The first-order chi connectivity index (χ1) is 7.22. The van der Waals surface area contributed by atoms with Gasteiger partial charge in [0.25, 0.3) is 0 Å². The Balaban J connectivity index is 2.30. The molecular weight excluding hydrogens is 256 g/mol. The number of hydrogen-bond donors (Lipinski definition) is 0. The van der Waals surface area contributed by atoms with Crippen LogP contribution in [0.3, 0.4) is 0 Å². The number of rotatable bonds is 6. The van der Waals surface area contributed by atoms with Crippen molar-refractivity contribution in [2.24, 2.45) is 0 Å². The van der Waals surface area contributed by atoms with Crippen molar-refractivity contribution in [2.45, 2.75) is 25.3 Å². The fraction of sp³-hybridized carbons (Fsp3) is 0.500. The maximum atomic E-state index is 5.55. The summed E-state index contributed by atoms with van der Waals surface area (Å²) in [6.45, 7) is 5.27. The van der Waals surface area contributed by atoms with Crippen LogP contribution in [-0.2, 0) is 10.1 Å². The predicted molar refractivity (Wildman–Crippen MR) is 65.7 cm³/mol. The van der Waals surface area contributed by atoms with Crippen LogP contribution in [0.15, 0.2) is 24.3 Å². The molecule has 1 rings (SSSR count). The van der Waals surface area contributed by atoms with Crippen LogP contribution in [0, 0.1) is 0 Å². The summed E-state index contributed by atoms with van der Waals surface area (Å²) in [4.78, 5) is 0. The zero-order valence-corrected chi connectivity index (χ0v) is 10.8. The lowest BCUT2D eigenvalue weighted by atomic mass is 10.2. The van der Waals surface area contributed by atoms with E-state index in [1.54, 1.807) is 0 Å². The lowest BCUT2D eigenvalue weighted by Crippen LogP contribution is -2.11. The Kier molecular flexibility index (Phi) is 5.73. The van der Waals surface area contributed by atoms with Gasteiger partial charge in [0.1, 0.15) is 12.4 Å².